The molecule has 1 aliphatic heterocycles. The van der Waals surface area contributed by atoms with Gasteiger partial charge in [0.15, 0.2) is 0 Å². The van der Waals surface area contributed by atoms with Crippen LogP contribution in [0, 0.1) is 5.92 Å². The van der Waals surface area contributed by atoms with Crippen molar-refractivity contribution in [3.05, 3.63) is 46.2 Å². The minimum absolute atomic E-state index is 0.685. The molecule has 2 fully saturated rings. The van der Waals surface area contributed by atoms with Crippen LogP contribution in [0.15, 0.2) is 34.9 Å². The van der Waals surface area contributed by atoms with Gasteiger partial charge in [0, 0.05) is 5.92 Å². The van der Waals surface area contributed by atoms with Crippen molar-refractivity contribution in [2.75, 3.05) is 13.1 Å². The summed E-state index contributed by atoms with van der Waals surface area (Å²) in [4.78, 5) is 0. The summed E-state index contributed by atoms with van der Waals surface area (Å²) in [5.74, 6) is 1.48. The predicted molar refractivity (Wildman–Crippen MR) is 92.5 cm³/mol. The van der Waals surface area contributed by atoms with Crippen molar-refractivity contribution in [3.63, 3.8) is 0 Å². The van der Waals surface area contributed by atoms with Crippen molar-refractivity contribution in [3.8, 4) is 5.69 Å². The first kappa shape index (κ1) is 14.5. The highest BCUT2D eigenvalue weighted by Crippen LogP contribution is 2.43. The van der Waals surface area contributed by atoms with Crippen LogP contribution in [-0.4, -0.2) is 22.9 Å². The fraction of sp³-hybridized carbons (Fsp3) is 0.500. The smallest absolute Gasteiger partial charge is 0.0649 e. The van der Waals surface area contributed by atoms with Gasteiger partial charge in [-0.1, -0.05) is 12.1 Å². The Hall–Kier alpha value is -1.13. The Bertz CT molecular complexity index is 637. The van der Waals surface area contributed by atoms with Gasteiger partial charge in [-0.2, -0.15) is 5.10 Å². The third-order valence-electron chi connectivity index (χ3n) is 4.83. The third kappa shape index (κ3) is 2.99. The maximum atomic E-state index is 4.55. The van der Waals surface area contributed by atoms with Crippen molar-refractivity contribution in [1.29, 1.82) is 0 Å². The molecule has 2 heterocycles. The summed E-state index contributed by atoms with van der Waals surface area (Å²) in [6.45, 7) is 2.35. The summed E-state index contributed by atoms with van der Waals surface area (Å²) in [6.07, 6.45) is 8.36. The van der Waals surface area contributed by atoms with Gasteiger partial charge < -0.3 is 5.32 Å². The highest BCUT2D eigenvalue weighted by atomic mass is 79.9. The van der Waals surface area contributed by atoms with E-state index in [0.29, 0.717) is 5.92 Å². The standard InChI is InChI=1S/C18H22BrN3/c19-17-12-21-22(18(17)15-5-6-15)16-7-3-13(4-8-16)10-14-2-1-9-20-11-14/h3-4,7-8,12,14-15,20H,1-2,5-6,9-11H2. The third-order valence-corrected chi connectivity index (χ3v) is 5.44. The molecule has 1 aliphatic carbocycles. The van der Waals surface area contributed by atoms with Crippen LogP contribution in [0.4, 0.5) is 0 Å². The second-order valence-electron chi connectivity index (χ2n) is 6.65. The lowest BCUT2D eigenvalue weighted by Crippen LogP contribution is -2.30. The Balaban J connectivity index is 1.52. The van der Waals surface area contributed by atoms with E-state index in [2.05, 4.69) is 55.3 Å². The van der Waals surface area contributed by atoms with E-state index in [1.807, 2.05) is 6.20 Å². The van der Waals surface area contributed by atoms with Gasteiger partial charge in [0.2, 0.25) is 0 Å². The quantitative estimate of drug-likeness (QED) is 0.891. The lowest BCUT2D eigenvalue weighted by Gasteiger charge is -2.22. The van der Waals surface area contributed by atoms with Crippen LogP contribution in [0.25, 0.3) is 5.69 Å². The van der Waals surface area contributed by atoms with Crippen LogP contribution >= 0.6 is 15.9 Å². The number of hydrogen-bond donors (Lipinski definition) is 1. The maximum absolute atomic E-state index is 4.55. The SMILES string of the molecule is Brc1cnn(-c2ccc(CC3CCCNC3)cc2)c1C1CC1. The largest absolute Gasteiger partial charge is 0.316 e. The Morgan fingerprint density at radius 1 is 1.18 bits per heavy atom. The molecule has 0 amide bonds. The summed E-state index contributed by atoms with van der Waals surface area (Å²) in [5.41, 5.74) is 3.96. The minimum Gasteiger partial charge on any atom is -0.316 e. The van der Waals surface area contributed by atoms with E-state index in [1.165, 1.54) is 62.1 Å². The number of nitrogens with one attached hydrogen (secondary N) is 1. The zero-order valence-corrected chi connectivity index (χ0v) is 14.3. The molecule has 1 unspecified atom stereocenters. The molecule has 1 atom stereocenters. The number of aromatic nitrogens is 2. The Labute approximate surface area is 140 Å². The molecule has 1 saturated carbocycles. The first-order valence-electron chi connectivity index (χ1n) is 8.35. The van der Waals surface area contributed by atoms with Gasteiger partial charge in [0.25, 0.3) is 0 Å². The van der Waals surface area contributed by atoms with Crippen molar-refractivity contribution < 1.29 is 0 Å². The number of piperidine rings is 1. The van der Waals surface area contributed by atoms with Crippen molar-refractivity contribution in [1.82, 2.24) is 15.1 Å². The fourth-order valence-corrected chi connectivity index (χ4v) is 4.06. The van der Waals surface area contributed by atoms with E-state index in [0.717, 1.165) is 10.4 Å². The molecule has 0 radical (unpaired) electrons. The zero-order chi connectivity index (χ0) is 14.9. The normalized spacial score (nSPS) is 22.0. The Kier molecular flexibility index (Phi) is 4.05. The van der Waals surface area contributed by atoms with Gasteiger partial charge in [-0.3, -0.25) is 0 Å². The minimum atomic E-state index is 0.685. The van der Waals surface area contributed by atoms with Crippen LogP contribution in [0.2, 0.25) is 0 Å². The molecule has 1 saturated heterocycles. The molecule has 22 heavy (non-hydrogen) atoms. The van der Waals surface area contributed by atoms with Gasteiger partial charge in [-0.15, -0.1) is 0 Å². The molecule has 116 valence electrons. The molecular weight excluding hydrogens is 338 g/mol. The molecule has 3 nitrogen and oxygen atoms in total. The van der Waals surface area contributed by atoms with Crippen LogP contribution < -0.4 is 5.32 Å². The van der Waals surface area contributed by atoms with Crippen molar-refractivity contribution in [2.24, 2.45) is 5.92 Å². The summed E-state index contributed by atoms with van der Waals surface area (Å²) in [7, 11) is 0. The topological polar surface area (TPSA) is 29.9 Å². The van der Waals surface area contributed by atoms with E-state index >= 15 is 0 Å². The summed E-state index contributed by atoms with van der Waals surface area (Å²) >= 11 is 3.64. The average Bonchev–Trinajstić information content (AvgIpc) is 3.31. The first-order valence-corrected chi connectivity index (χ1v) is 9.14. The van der Waals surface area contributed by atoms with Crippen LogP contribution in [0.3, 0.4) is 0 Å². The van der Waals surface area contributed by atoms with Gasteiger partial charge in [0.05, 0.1) is 22.1 Å². The molecule has 2 aliphatic rings. The predicted octanol–water partition coefficient (Wildman–Crippen LogP) is 4.05. The van der Waals surface area contributed by atoms with Crippen LogP contribution in [0.5, 0.6) is 0 Å². The van der Waals surface area contributed by atoms with E-state index in [9.17, 15) is 0 Å². The molecule has 4 heteroatoms. The molecule has 0 bridgehead atoms. The van der Waals surface area contributed by atoms with E-state index in [-0.39, 0.29) is 0 Å². The Morgan fingerprint density at radius 3 is 2.68 bits per heavy atom. The van der Waals surface area contributed by atoms with Crippen LogP contribution in [0.1, 0.15) is 42.9 Å². The van der Waals surface area contributed by atoms with Gasteiger partial charge in [-0.25, -0.2) is 4.68 Å². The number of nitrogens with zero attached hydrogens (tertiary/aromatic N) is 2. The second kappa shape index (κ2) is 6.17. The number of hydrogen-bond acceptors (Lipinski definition) is 2. The maximum Gasteiger partial charge on any atom is 0.0649 e. The highest BCUT2D eigenvalue weighted by Gasteiger charge is 2.30. The lowest BCUT2D eigenvalue weighted by atomic mass is 9.92. The number of benzene rings is 1. The summed E-state index contributed by atoms with van der Waals surface area (Å²) < 4.78 is 3.25. The molecule has 0 spiro atoms. The van der Waals surface area contributed by atoms with E-state index < -0.39 is 0 Å². The zero-order valence-electron chi connectivity index (χ0n) is 12.8. The average molecular weight is 360 g/mol. The summed E-state index contributed by atoms with van der Waals surface area (Å²) in [6, 6.07) is 8.99. The van der Waals surface area contributed by atoms with Crippen LogP contribution in [-0.2, 0) is 6.42 Å². The first-order chi connectivity index (χ1) is 10.8. The van der Waals surface area contributed by atoms with Gasteiger partial charge >= 0.3 is 0 Å². The number of halogens is 1. The van der Waals surface area contributed by atoms with E-state index in [1.54, 1.807) is 0 Å². The molecule has 4 rings (SSSR count). The van der Waals surface area contributed by atoms with Crippen molar-refractivity contribution >= 4 is 15.9 Å². The molecular formula is C18H22BrN3. The second-order valence-corrected chi connectivity index (χ2v) is 7.50. The van der Waals surface area contributed by atoms with Gasteiger partial charge in [-0.05, 0) is 84.7 Å². The Morgan fingerprint density at radius 2 is 2.00 bits per heavy atom. The van der Waals surface area contributed by atoms with Gasteiger partial charge in [0.1, 0.15) is 0 Å². The molecule has 1 N–H and O–H groups in total. The fourth-order valence-electron chi connectivity index (χ4n) is 3.47. The lowest BCUT2D eigenvalue weighted by molar-refractivity contribution is 0.376. The summed E-state index contributed by atoms with van der Waals surface area (Å²) in [5, 5.41) is 8.05. The molecule has 2 aromatic rings. The van der Waals surface area contributed by atoms with E-state index in [4.69, 9.17) is 0 Å². The monoisotopic (exact) mass is 359 g/mol. The molecule has 1 aromatic heterocycles. The molecule has 1 aromatic carbocycles. The highest BCUT2D eigenvalue weighted by molar-refractivity contribution is 9.10. The number of rotatable bonds is 4. The van der Waals surface area contributed by atoms with Crippen molar-refractivity contribution in [2.45, 2.75) is 38.0 Å².